The number of nitrogens with zero attached hydrogens (tertiary/aromatic N) is 2. The van der Waals surface area contributed by atoms with E-state index in [4.69, 9.17) is 9.47 Å². The summed E-state index contributed by atoms with van der Waals surface area (Å²) in [5, 5.41) is 3.12. The van der Waals surface area contributed by atoms with Crippen molar-refractivity contribution in [2.75, 3.05) is 25.1 Å². The molecule has 0 heterocycles. The molecule has 0 bridgehead atoms. The fourth-order valence-electron chi connectivity index (χ4n) is 5.25. The largest absolute Gasteiger partial charge is 0.497 e. The summed E-state index contributed by atoms with van der Waals surface area (Å²) < 4.78 is 39.6. The van der Waals surface area contributed by atoms with Crippen LogP contribution in [-0.2, 0) is 26.2 Å². The zero-order valence-electron chi connectivity index (χ0n) is 24.4. The highest BCUT2D eigenvalue weighted by Crippen LogP contribution is 2.26. The molecule has 0 saturated heterocycles. The summed E-state index contributed by atoms with van der Waals surface area (Å²) in [7, 11) is -1.09. The average Bonchev–Trinajstić information content (AvgIpc) is 3.53. The molecular weight excluding hydrogens is 554 g/mol. The van der Waals surface area contributed by atoms with E-state index in [1.165, 1.54) is 24.1 Å². The van der Waals surface area contributed by atoms with E-state index in [1.54, 1.807) is 55.6 Å². The van der Waals surface area contributed by atoms with E-state index in [9.17, 15) is 18.0 Å². The van der Waals surface area contributed by atoms with Crippen molar-refractivity contribution in [1.29, 1.82) is 0 Å². The number of para-hydroxylation sites is 1. The van der Waals surface area contributed by atoms with Crippen molar-refractivity contribution >= 4 is 27.5 Å². The number of amides is 2. The Balaban J connectivity index is 1.70. The van der Waals surface area contributed by atoms with Crippen molar-refractivity contribution in [2.45, 2.75) is 62.6 Å². The Labute approximate surface area is 248 Å². The van der Waals surface area contributed by atoms with Gasteiger partial charge in [-0.2, -0.15) is 0 Å². The molecule has 3 aromatic carbocycles. The number of rotatable bonds is 13. The molecule has 1 saturated carbocycles. The van der Waals surface area contributed by atoms with Crippen LogP contribution in [0.3, 0.4) is 0 Å². The summed E-state index contributed by atoms with van der Waals surface area (Å²) in [5.74, 6) is 0.410. The number of sulfonamides is 1. The standard InChI is InChI=1S/C32H39N3O6S/c1-4-30(32(37)33-25-12-8-9-13-25)34(22-24-11-10-16-28(21-24)41-3)31(36)23-35(26-14-6-5-7-15-26)42(38,39)29-19-17-27(40-2)18-20-29/h5-7,10-11,14-21,25,30H,4,8-9,12-13,22-23H2,1-3H3,(H,33,37)/t30-/m0/s1. The average molecular weight is 594 g/mol. The Morgan fingerprint density at radius 3 is 2.19 bits per heavy atom. The molecule has 9 nitrogen and oxygen atoms in total. The first-order chi connectivity index (χ1) is 20.3. The van der Waals surface area contributed by atoms with Crippen LogP contribution in [0.1, 0.15) is 44.6 Å². The highest BCUT2D eigenvalue weighted by Gasteiger charge is 2.34. The summed E-state index contributed by atoms with van der Waals surface area (Å²) in [5.41, 5.74) is 1.10. The van der Waals surface area contributed by atoms with Gasteiger partial charge in [0.1, 0.15) is 24.1 Å². The van der Waals surface area contributed by atoms with Crippen LogP contribution in [0.15, 0.2) is 83.8 Å². The van der Waals surface area contributed by atoms with Crippen LogP contribution in [0.4, 0.5) is 5.69 Å². The third-order valence-electron chi connectivity index (χ3n) is 7.55. The number of methoxy groups -OCH3 is 2. The van der Waals surface area contributed by atoms with Gasteiger partial charge in [-0.1, -0.05) is 50.1 Å². The summed E-state index contributed by atoms with van der Waals surface area (Å²) in [6, 6.07) is 21.1. The van der Waals surface area contributed by atoms with Crippen molar-refractivity contribution in [3.05, 3.63) is 84.4 Å². The van der Waals surface area contributed by atoms with Crippen molar-refractivity contribution in [1.82, 2.24) is 10.2 Å². The monoisotopic (exact) mass is 593 g/mol. The number of carbonyl (C=O) groups is 2. The van der Waals surface area contributed by atoms with Gasteiger partial charge in [0.15, 0.2) is 0 Å². The quantitative estimate of drug-likeness (QED) is 0.306. The van der Waals surface area contributed by atoms with E-state index in [-0.39, 0.29) is 23.4 Å². The first-order valence-corrected chi connectivity index (χ1v) is 15.7. The minimum atomic E-state index is -4.15. The molecule has 1 aliphatic carbocycles. The smallest absolute Gasteiger partial charge is 0.264 e. The molecule has 0 aliphatic heterocycles. The van der Waals surface area contributed by atoms with E-state index in [2.05, 4.69) is 5.32 Å². The van der Waals surface area contributed by atoms with E-state index in [0.29, 0.717) is 23.6 Å². The van der Waals surface area contributed by atoms with E-state index >= 15 is 0 Å². The third-order valence-corrected chi connectivity index (χ3v) is 9.33. The van der Waals surface area contributed by atoms with Crippen LogP contribution in [-0.4, -0.2) is 58.0 Å². The lowest BCUT2D eigenvalue weighted by Gasteiger charge is -2.33. The first kappa shape index (κ1) is 30.9. The lowest BCUT2D eigenvalue weighted by molar-refractivity contribution is -0.140. The number of ether oxygens (including phenoxy) is 2. The number of benzene rings is 3. The van der Waals surface area contributed by atoms with Gasteiger partial charge in [0, 0.05) is 12.6 Å². The van der Waals surface area contributed by atoms with E-state index in [1.807, 2.05) is 25.1 Å². The van der Waals surface area contributed by atoms with Crippen LogP contribution >= 0.6 is 0 Å². The predicted octanol–water partition coefficient (Wildman–Crippen LogP) is 4.77. The molecule has 10 heteroatoms. The van der Waals surface area contributed by atoms with Crippen molar-refractivity contribution in [3.63, 3.8) is 0 Å². The van der Waals surface area contributed by atoms with Crippen molar-refractivity contribution < 1.29 is 27.5 Å². The maximum atomic E-state index is 14.2. The molecule has 2 amide bonds. The van der Waals surface area contributed by atoms with E-state index < -0.39 is 28.5 Å². The Morgan fingerprint density at radius 1 is 0.905 bits per heavy atom. The molecule has 1 atom stereocenters. The molecule has 0 radical (unpaired) electrons. The molecule has 4 rings (SSSR count). The van der Waals surface area contributed by atoms with Gasteiger partial charge in [0.2, 0.25) is 11.8 Å². The zero-order chi connectivity index (χ0) is 30.1. The van der Waals surface area contributed by atoms with Crippen molar-refractivity contribution in [2.24, 2.45) is 0 Å². The number of hydrogen-bond donors (Lipinski definition) is 1. The Bertz CT molecular complexity index is 1440. The van der Waals surface area contributed by atoms with Gasteiger partial charge in [-0.15, -0.1) is 0 Å². The Kier molecular flexibility index (Phi) is 10.5. The number of anilines is 1. The molecular formula is C32H39N3O6S. The minimum absolute atomic E-state index is 0.0188. The second kappa shape index (κ2) is 14.2. The lowest BCUT2D eigenvalue weighted by Crippen LogP contribution is -2.53. The van der Waals surface area contributed by atoms with Gasteiger partial charge in [-0.05, 0) is 73.4 Å². The highest BCUT2D eigenvalue weighted by molar-refractivity contribution is 7.92. The maximum Gasteiger partial charge on any atom is 0.264 e. The van der Waals surface area contributed by atoms with Gasteiger partial charge in [-0.25, -0.2) is 8.42 Å². The normalized spacial score (nSPS) is 14.2. The summed E-state index contributed by atoms with van der Waals surface area (Å²) in [6.45, 7) is 1.47. The van der Waals surface area contributed by atoms with Crippen LogP contribution < -0.4 is 19.1 Å². The summed E-state index contributed by atoms with van der Waals surface area (Å²) in [4.78, 5) is 29.2. The van der Waals surface area contributed by atoms with E-state index in [0.717, 1.165) is 35.6 Å². The van der Waals surface area contributed by atoms with Gasteiger partial charge in [-0.3, -0.25) is 13.9 Å². The lowest BCUT2D eigenvalue weighted by atomic mass is 10.1. The van der Waals surface area contributed by atoms with Crippen LogP contribution in [0.25, 0.3) is 0 Å². The second-order valence-electron chi connectivity index (χ2n) is 10.3. The molecule has 0 spiro atoms. The summed E-state index contributed by atoms with van der Waals surface area (Å²) in [6.07, 6.45) is 4.31. The molecule has 1 fully saturated rings. The molecule has 0 unspecified atom stereocenters. The SMILES string of the molecule is CC[C@@H](C(=O)NC1CCCC1)N(Cc1cccc(OC)c1)C(=O)CN(c1ccccc1)S(=O)(=O)c1ccc(OC)cc1. The number of carbonyl (C=O) groups excluding carboxylic acids is 2. The second-order valence-corrected chi connectivity index (χ2v) is 12.2. The third kappa shape index (κ3) is 7.42. The molecule has 42 heavy (non-hydrogen) atoms. The predicted molar refractivity (Wildman–Crippen MR) is 162 cm³/mol. The maximum absolute atomic E-state index is 14.2. The first-order valence-electron chi connectivity index (χ1n) is 14.2. The van der Waals surface area contributed by atoms with Gasteiger partial charge in [0.25, 0.3) is 10.0 Å². The molecule has 224 valence electrons. The Hall–Kier alpha value is -4.05. The highest BCUT2D eigenvalue weighted by atomic mass is 32.2. The van der Waals surface area contributed by atoms with Crippen molar-refractivity contribution in [3.8, 4) is 11.5 Å². The molecule has 1 aliphatic rings. The summed E-state index contributed by atoms with van der Waals surface area (Å²) >= 11 is 0. The van der Waals surface area contributed by atoms with Gasteiger partial charge >= 0.3 is 0 Å². The Morgan fingerprint density at radius 2 is 1.57 bits per heavy atom. The molecule has 3 aromatic rings. The fraction of sp³-hybridized carbons (Fsp3) is 0.375. The van der Waals surface area contributed by atoms with Gasteiger partial charge in [0.05, 0.1) is 24.8 Å². The molecule has 1 N–H and O–H groups in total. The van der Waals surface area contributed by atoms with Gasteiger partial charge < -0.3 is 19.7 Å². The molecule has 0 aromatic heterocycles. The topological polar surface area (TPSA) is 105 Å². The van der Waals surface area contributed by atoms with Crippen LogP contribution in [0, 0.1) is 0 Å². The number of nitrogens with one attached hydrogen (secondary N) is 1. The fourth-order valence-corrected chi connectivity index (χ4v) is 6.67. The number of hydrogen-bond acceptors (Lipinski definition) is 6. The minimum Gasteiger partial charge on any atom is -0.497 e. The zero-order valence-corrected chi connectivity index (χ0v) is 25.2. The van der Waals surface area contributed by atoms with Crippen LogP contribution in [0.5, 0.6) is 11.5 Å². The van der Waals surface area contributed by atoms with Crippen LogP contribution in [0.2, 0.25) is 0 Å².